The number of nitrogen functional groups attached to an aromatic ring is 1. The first kappa shape index (κ1) is 12.4. The molecule has 7 nitrogen and oxygen atoms in total. The zero-order valence-corrected chi connectivity index (χ0v) is 10.8. The minimum atomic E-state index is -0.245. The average Bonchev–Trinajstić information content (AvgIpc) is 2.69. The molecule has 0 unspecified atom stereocenters. The van der Waals surface area contributed by atoms with E-state index in [9.17, 15) is 4.79 Å². The smallest absolute Gasteiger partial charge is 0.249 e. The van der Waals surface area contributed by atoms with Crippen LogP contribution in [0.25, 0.3) is 0 Å². The molecule has 94 valence electrons. The molecule has 8 heteroatoms. The summed E-state index contributed by atoms with van der Waals surface area (Å²) in [7, 11) is 0. The fourth-order valence-electron chi connectivity index (χ4n) is 1.25. The Hall–Kier alpha value is -2.09. The molecular weight excluding hydrogens is 252 g/mol. The van der Waals surface area contributed by atoms with Crippen molar-refractivity contribution in [1.29, 1.82) is 0 Å². The van der Waals surface area contributed by atoms with E-state index in [1.54, 1.807) is 19.2 Å². The number of carbonyl (C=O) groups is 1. The second kappa shape index (κ2) is 5.05. The van der Waals surface area contributed by atoms with E-state index in [1.807, 2.05) is 0 Å². The molecule has 1 amide bonds. The van der Waals surface area contributed by atoms with Crippen molar-refractivity contribution in [2.45, 2.75) is 20.3 Å². The van der Waals surface area contributed by atoms with Gasteiger partial charge in [0, 0.05) is 5.38 Å². The number of aryl methyl sites for hydroxylation is 2. The van der Waals surface area contributed by atoms with Crippen LogP contribution in [-0.2, 0) is 11.2 Å². The summed E-state index contributed by atoms with van der Waals surface area (Å²) in [6.45, 7) is 3.61. The first-order valence-electron chi connectivity index (χ1n) is 5.22. The van der Waals surface area contributed by atoms with Crippen LogP contribution in [0, 0.1) is 13.8 Å². The van der Waals surface area contributed by atoms with Crippen LogP contribution in [0.1, 0.15) is 17.1 Å². The number of nitrogens with one attached hydrogen (secondary N) is 1. The number of rotatable bonds is 3. The van der Waals surface area contributed by atoms with Crippen molar-refractivity contribution < 1.29 is 4.79 Å². The van der Waals surface area contributed by atoms with Gasteiger partial charge in [-0.2, -0.15) is 5.10 Å². The standard InChI is InChI=1S/C10H12N6OS/c1-5-6(2)15-16-10(12-5)14-8(17)3-7-4-18-9(11)13-7/h4H,3H2,1-2H3,(H2,11,13)(H,12,14,16,17). The fraction of sp³-hybridized carbons (Fsp3) is 0.300. The van der Waals surface area contributed by atoms with Crippen LogP contribution in [0.4, 0.5) is 11.1 Å². The number of carbonyl (C=O) groups excluding carboxylic acids is 1. The van der Waals surface area contributed by atoms with Crippen molar-refractivity contribution in [3.8, 4) is 0 Å². The highest BCUT2D eigenvalue weighted by Crippen LogP contribution is 2.12. The van der Waals surface area contributed by atoms with E-state index in [1.165, 1.54) is 11.3 Å². The molecule has 0 aliphatic heterocycles. The van der Waals surface area contributed by atoms with E-state index in [0.717, 1.165) is 11.4 Å². The molecule has 0 saturated carbocycles. The van der Waals surface area contributed by atoms with E-state index in [2.05, 4.69) is 25.5 Å². The summed E-state index contributed by atoms with van der Waals surface area (Å²) in [6.07, 6.45) is 0.143. The van der Waals surface area contributed by atoms with Gasteiger partial charge >= 0.3 is 0 Å². The number of hydrogen-bond acceptors (Lipinski definition) is 7. The SMILES string of the molecule is Cc1nnc(NC(=O)Cc2csc(N)n2)nc1C. The maximum atomic E-state index is 11.7. The van der Waals surface area contributed by atoms with Crippen LogP contribution in [0.2, 0.25) is 0 Å². The summed E-state index contributed by atoms with van der Waals surface area (Å²) in [4.78, 5) is 19.8. The summed E-state index contributed by atoms with van der Waals surface area (Å²) in [5.74, 6) is -0.0448. The monoisotopic (exact) mass is 264 g/mol. The van der Waals surface area contributed by atoms with Gasteiger partial charge in [-0.25, -0.2) is 9.97 Å². The van der Waals surface area contributed by atoms with Gasteiger partial charge in [0.2, 0.25) is 11.9 Å². The van der Waals surface area contributed by atoms with Crippen molar-refractivity contribution in [3.05, 3.63) is 22.5 Å². The number of aromatic nitrogens is 4. The largest absolute Gasteiger partial charge is 0.375 e. The average molecular weight is 264 g/mol. The molecule has 0 spiro atoms. The van der Waals surface area contributed by atoms with Crippen molar-refractivity contribution in [1.82, 2.24) is 20.2 Å². The molecule has 0 aliphatic rings. The molecule has 0 atom stereocenters. The summed E-state index contributed by atoms with van der Waals surface area (Å²) in [5.41, 5.74) is 7.59. The van der Waals surface area contributed by atoms with Gasteiger partial charge in [-0.1, -0.05) is 0 Å². The molecule has 0 radical (unpaired) electrons. The second-order valence-corrected chi connectivity index (χ2v) is 4.60. The number of anilines is 2. The lowest BCUT2D eigenvalue weighted by molar-refractivity contribution is -0.115. The molecule has 2 aromatic heterocycles. The molecule has 2 rings (SSSR count). The fourth-order valence-corrected chi connectivity index (χ4v) is 1.81. The van der Waals surface area contributed by atoms with Gasteiger partial charge in [0.1, 0.15) is 0 Å². The highest BCUT2D eigenvalue weighted by atomic mass is 32.1. The van der Waals surface area contributed by atoms with Crippen molar-refractivity contribution >= 4 is 28.3 Å². The molecule has 0 aromatic carbocycles. The highest BCUT2D eigenvalue weighted by molar-refractivity contribution is 7.13. The maximum Gasteiger partial charge on any atom is 0.249 e. The van der Waals surface area contributed by atoms with Crippen LogP contribution in [-0.4, -0.2) is 26.1 Å². The van der Waals surface area contributed by atoms with E-state index in [-0.39, 0.29) is 18.3 Å². The molecule has 0 bridgehead atoms. The Morgan fingerprint density at radius 1 is 1.33 bits per heavy atom. The third-order valence-electron chi connectivity index (χ3n) is 2.25. The number of hydrogen-bond donors (Lipinski definition) is 2. The minimum Gasteiger partial charge on any atom is -0.375 e. The van der Waals surface area contributed by atoms with Gasteiger partial charge < -0.3 is 5.73 Å². The molecule has 3 N–H and O–H groups in total. The van der Waals surface area contributed by atoms with Crippen LogP contribution in [0.5, 0.6) is 0 Å². The van der Waals surface area contributed by atoms with Crippen LogP contribution in [0.3, 0.4) is 0 Å². The lowest BCUT2D eigenvalue weighted by Crippen LogP contribution is -2.17. The second-order valence-electron chi connectivity index (χ2n) is 3.71. The van der Waals surface area contributed by atoms with E-state index < -0.39 is 0 Å². The predicted octanol–water partition coefficient (Wildman–Crippen LogP) is 0.708. The lowest BCUT2D eigenvalue weighted by Gasteiger charge is -2.03. The quantitative estimate of drug-likeness (QED) is 0.845. The van der Waals surface area contributed by atoms with Crippen molar-refractivity contribution in [2.24, 2.45) is 0 Å². The Bertz CT molecular complexity index is 581. The van der Waals surface area contributed by atoms with Gasteiger partial charge in [0.15, 0.2) is 5.13 Å². The molecule has 0 saturated heterocycles. The van der Waals surface area contributed by atoms with Gasteiger partial charge in [-0.3, -0.25) is 10.1 Å². The minimum absolute atomic E-state index is 0.143. The summed E-state index contributed by atoms with van der Waals surface area (Å²) in [5, 5.41) is 12.4. The molecule has 0 fully saturated rings. The molecule has 18 heavy (non-hydrogen) atoms. The molecule has 2 aromatic rings. The first-order valence-corrected chi connectivity index (χ1v) is 6.10. The Labute approximate surface area is 107 Å². The Kier molecular flexibility index (Phi) is 3.47. The zero-order chi connectivity index (χ0) is 13.1. The zero-order valence-electron chi connectivity index (χ0n) is 9.97. The number of thiazole rings is 1. The number of amides is 1. The number of nitrogens with two attached hydrogens (primary N) is 1. The normalized spacial score (nSPS) is 10.3. The van der Waals surface area contributed by atoms with Crippen molar-refractivity contribution in [3.63, 3.8) is 0 Å². The van der Waals surface area contributed by atoms with Crippen LogP contribution in [0.15, 0.2) is 5.38 Å². The van der Waals surface area contributed by atoms with Gasteiger partial charge in [-0.05, 0) is 13.8 Å². The number of nitrogens with zero attached hydrogens (tertiary/aromatic N) is 4. The summed E-state index contributed by atoms with van der Waals surface area (Å²) in [6, 6.07) is 0. The highest BCUT2D eigenvalue weighted by Gasteiger charge is 2.09. The molecular formula is C10H12N6OS. The van der Waals surface area contributed by atoms with E-state index in [0.29, 0.717) is 10.8 Å². The van der Waals surface area contributed by atoms with Crippen molar-refractivity contribution in [2.75, 3.05) is 11.1 Å². The predicted molar refractivity (Wildman–Crippen MR) is 68.2 cm³/mol. The Balaban J connectivity index is 2.00. The Morgan fingerprint density at radius 3 is 2.72 bits per heavy atom. The van der Waals surface area contributed by atoms with Crippen LogP contribution < -0.4 is 11.1 Å². The van der Waals surface area contributed by atoms with E-state index in [4.69, 9.17) is 5.73 Å². The summed E-state index contributed by atoms with van der Waals surface area (Å²) < 4.78 is 0. The molecule has 2 heterocycles. The lowest BCUT2D eigenvalue weighted by atomic mass is 10.3. The third-order valence-corrected chi connectivity index (χ3v) is 2.98. The Morgan fingerprint density at radius 2 is 2.11 bits per heavy atom. The maximum absolute atomic E-state index is 11.7. The first-order chi connectivity index (χ1) is 8.54. The summed E-state index contributed by atoms with van der Waals surface area (Å²) >= 11 is 1.30. The van der Waals surface area contributed by atoms with Gasteiger partial charge in [-0.15, -0.1) is 16.4 Å². The topological polar surface area (TPSA) is 107 Å². The molecule has 0 aliphatic carbocycles. The van der Waals surface area contributed by atoms with Crippen LogP contribution >= 0.6 is 11.3 Å². The van der Waals surface area contributed by atoms with E-state index >= 15 is 0 Å². The third kappa shape index (κ3) is 2.98. The van der Waals surface area contributed by atoms with Gasteiger partial charge in [0.05, 0.1) is 23.5 Å². The van der Waals surface area contributed by atoms with Gasteiger partial charge in [0.25, 0.3) is 0 Å².